The second-order valence-corrected chi connectivity index (χ2v) is 14.3. The van der Waals surface area contributed by atoms with Crippen molar-refractivity contribution in [1.29, 1.82) is 0 Å². The zero-order chi connectivity index (χ0) is 26.5. The molecule has 0 aliphatic heterocycles. The Morgan fingerprint density at radius 3 is 2.11 bits per heavy atom. The first kappa shape index (κ1) is 26.7. The van der Waals surface area contributed by atoms with Gasteiger partial charge in [-0.2, -0.15) is 8.78 Å². The summed E-state index contributed by atoms with van der Waals surface area (Å²) >= 11 is 0. The third-order valence-electron chi connectivity index (χ3n) is 6.55. The molecule has 194 valence electrons. The van der Waals surface area contributed by atoms with Gasteiger partial charge >= 0.3 is 6.61 Å². The molecule has 8 heteroatoms. The summed E-state index contributed by atoms with van der Waals surface area (Å²) in [6.07, 6.45) is 2.67. The fourth-order valence-corrected chi connectivity index (χ4v) is 9.51. The van der Waals surface area contributed by atoms with E-state index < -0.39 is 14.9 Å². The van der Waals surface area contributed by atoms with E-state index in [-0.39, 0.29) is 16.3 Å². The molecule has 0 radical (unpaired) electrons. The average Bonchev–Trinajstić information content (AvgIpc) is 2.87. The quantitative estimate of drug-likeness (QED) is 0.208. The molecule has 4 rings (SSSR count). The van der Waals surface area contributed by atoms with Gasteiger partial charge in [-0.3, -0.25) is 4.79 Å². The lowest BCUT2D eigenvalue weighted by molar-refractivity contribution is -0.0497. The first-order valence-electron chi connectivity index (χ1n) is 12.4. The van der Waals surface area contributed by atoms with Crippen LogP contribution in [0.2, 0.25) is 5.04 Å². The number of rotatable bonds is 10. The predicted molar refractivity (Wildman–Crippen MR) is 145 cm³/mol. The van der Waals surface area contributed by atoms with E-state index >= 15 is 0 Å². The van der Waals surface area contributed by atoms with Crippen molar-refractivity contribution >= 4 is 29.7 Å². The van der Waals surface area contributed by atoms with Crippen LogP contribution in [0.3, 0.4) is 0 Å². The molecular weight excluding hydrogens is 490 g/mol. The van der Waals surface area contributed by atoms with E-state index in [0.29, 0.717) is 30.6 Å². The summed E-state index contributed by atoms with van der Waals surface area (Å²) in [5, 5.41) is 2.32. The molecule has 4 aromatic rings. The molecule has 0 aliphatic carbocycles. The monoisotopic (exact) mass is 522 g/mol. The Hall–Kier alpha value is -3.36. The Morgan fingerprint density at radius 2 is 1.54 bits per heavy atom. The zero-order valence-corrected chi connectivity index (χ0v) is 22.4. The Balaban J connectivity index is 1.54. The number of alkyl halides is 2. The van der Waals surface area contributed by atoms with Crippen molar-refractivity contribution in [2.45, 2.75) is 51.8 Å². The summed E-state index contributed by atoms with van der Waals surface area (Å²) < 4.78 is 38.4. The van der Waals surface area contributed by atoms with Crippen LogP contribution in [0.5, 0.6) is 5.75 Å². The van der Waals surface area contributed by atoms with E-state index in [9.17, 15) is 13.6 Å². The molecular formula is C29H32F2N2O3Si. The molecule has 0 bridgehead atoms. The van der Waals surface area contributed by atoms with Crippen molar-refractivity contribution in [2.75, 3.05) is 6.61 Å². The Kier molecular flexibility index (Phi) is 8.19. The number of unbranched alkanes of at least 4 members (excludes halogenated alkanes) is 1. The second-order valence-electron chi connectivity index (χ2n) is 10.00. The van der Waals surface area contributed by atoms with Gasteiger partial charge in [0.25, 0.3) is 13.9 Å². The average molecular weight is 523 g/mol. The second kappa shape index (κ2) is 11.4. The first-order chi connectivity index (χ1) is 17.7. The highest BCUT2D eigenvalue weighted by Gasteiger charge is 2.49. The van der Waals surface area contributed by atoms with Crippen LogP contribution in [0.4, 0.5) is 8.78 Å². The van der Waals surface area contributed by atoms with Gasteiger partial charge in [-0.25, -0.2) is 4.98 Å². The summed E-state index contributed by atoms with van der Waals surface area (Å²) in [5.41, 5.74) is 0.734. The molecule has 0 saturated heterocycles. The lowest BCUT2D eigenvalue weighted by atomic mass is 10.2. The normalized spacial score (nSPS) is 12.3. The maximum atomic E-state index is 12.7. The predicted octanol–water partition coefficient (Wildman–Crippen LogP) is 5.35. The number of hydrogen-bond donors (Lipinski definition) is 0. The molecule has 0 atom stereocenters. The highest BCUT2D eigenvalue weighted by molar-refractivity contribution is 6.99. The summed E-state index contributed by atoms with van der Waals surface area (Å²) in [6, 6.07) is 25.3. The van der Waals surface area contributed by atoms with Gasteiger partial charge in [0.15, 0.2) is 0 Å². The highest BCUT2D eigenvalue weighted by atomic mass is 28.4. The van der Waals surface area contributed by atoms with Gasteiger partial charge in [0, 0.05) is 19.2 Å². The van der Waals surface area contributed by atoms with Gasteiger partial charge in [0.05, 0.1) is 17.2 Å². The molecule has 5 nitrogen and oxygen atoms in total. The van der Waals surface area contributed by atoms with Crippen LogP contribution in [0.1, 0.15) is 33.6 Å². The van der Waals surface area contributed by atoms with Gasteiger partial charge in [0.1, 0.15) is 5.75 Å². The summed E-state index contributed by atoms with van der Waals surface area (Å²) in [4.78, 5) is 16.7. The number of ether oxygens (including phenoxy) is 1. The molecule has 1 aromatic heterocycles. The molecule has 0 aliphatic rings. The number of hydrogen-bond acceptors (Lipinski definition) is 4. The zero-order valence-electron chi connectivity index (χ0n) is 21.4. The summed E-state index contributed by atoms with van der Waals surface area (Å²) in [7, 11) is -2.62. The van der Waals surface area contributed by atoms with Crippen LogP contribution in [-0.4, -0.2) is 31.1 Å². The van der Waals surface area contributed by atoms with E-state index in [1.165, 1.54) is 28.7 Å². The van der Waals surface area contributed by atoms with Crippen molar-refractivity contribution in [3.8, 4) is 5.75 Å². The summed E-state index contributed by atoms with van der Waals surface area (Å²) in [6.45, 7) is 4.72. The summed E-state index contributed by atoms with van der Waals surface area (Å²) in [5.74, 6) is -0.00123. The fraction of sp³-hybridized carbons (Fsp3) is 0.310. The van der Waals surface area contributed by atoms with Gasteiger partial charge in [-0.1, -0.05) is 81.4 Å². The number of aromatic nitrogens is 2. The van der Waals surface area contributed by atoms with Gasteiger partial charge in [0.2, 0.25) is 0 Å². The van der Waals surface area contributed by atoms with Crippen molar-refractivity contribution in [3.05, 3.63) is 95.4 Å². The third-order valence-corrected chi connectivity index (χ3v) is 11.6. The SMILES string of the molecule is CC(C)(C)[Si](OCCCCn1c(=O)cnc2ccc(OC(F)F)cc21)(c1ccccc1)c1ccccc1. The Bertz CT molecular complexity index is 1330. The minimum Gasteiger partial charge on any atom is -0.435 e. The molecule has 3 aromatic carbocycles. The van der Waals surface area contributed by atoms with Crippen molar-refractivity contribution in [3.63, 3.8) is 0 Å². The van der Waals surface area contributed by atoms with Gasteiger partial charge in [-0.05, 0) is 40.4 Å². The maximum Gasteiger partial charge on any atom is 0.387 e. The minimum atomic E-state index is -2.94. The molecule has 0 amide bonds. The molecule has 0 N–H and O–H groups in total. The molecule has 0 fully saturated rings. The van der Waals surface area contributed by atoms with Crippen molar-refractivity contribution < 1.29 is 17.9 Å². The maximum absolute atomic E-state index is 12.7. The number of nitrogens with zero attached hydrogens (tertiary/aromatic N) is 2. The van der Waals surface area contributed by atoms with Crippen LogP contribution in [0.25, 0.3) is 11.0 Å². The Morgan fingerprint density at radius 1 is 0.919 bits per heavy atom. The van der Waals surface area contributed by atoms with Crippen LogP contribution in [0, 0.1) is 0 Å². The van der Waals surface area contributed by atoms with Crippen molar-refractivity contribution in [2.24, 2.45) is 0 Å². The number of fused-ring (bicyclic) bond motifs is 1. The van der Waals surface area contributed by atoms with E-state index in [4.69, 9.17) is 4.43 Å². The molecule has 37 heavy (non-hydrogen) atoms. The molecule has 0 spiro atoms. The number of halogens is 2. The molecule has 1 heterocycles. The highest BCUT2D eigenvalue weighted by Crippen LogP contribution is 2.36. The topological polar surface area (TPSA) is 53.4 Å². The lowest BCUT2D eigenvalue weighted by Crippen LogP contribution is -2.66. The van der Waals surface area contributed by atoms with E-state index in [0.717, 1.165) is 6.42 Å². The third kappa shape index (κ3) is 5.81. The smallest absolute Gasteiger partial charge is 0.387 e. The lowest BCUT2D eigenvalue weighted by Gasteiger charge is -2.43. The molecule has 0 unspecified atom stereocenters. The van der Waals surface area contributed by atoms with Gasteiger partial charge < -0.3 is 13.7 Å². The Labute approximate surface area is 216 Å². The largest absolute Gasteiger partial charge is 0.435 e. The van der Waals surface area contributed by atoms with Crippen molar-refractivity contribution in [1.82, 2.24) is 9.55 Å². The first-order valence-corrected chi connectivity index (χ1v) is 14.3. The number of aryl methyl sites for hydroxylation is 1. The van der Waals surface area contributed by atoms with Crippen LogP contribution in [0.15, 0.2) is 89.9 Å². The van der Waals surface area contributed by atoms with Crippen LogP contribution >= 0.6 is 0 Å². The fourth-order valence-electron chi connectivity index (χ4n) is 4.91. The van der Waals surface area contributed by atoms with E-state index in [1.807, 2.05) is 12.1 Å². The van der Waals surface area contributed by atoms with Crippen LogP contribution < -0.4 is 20.7 Å². The van der Waals surface area contributed by atoms with E-state index in [1.54, 1.807) is 10.6 Å². The molecule has 0 saturated carbocycles. The van der Waals surface area contributed by atoms with Gasteiger partial charge in [-0.15, -0.1) is 0 Å². The number of benzene rings is 3. The van der Waals surface area contributed by atoms with Crippen LogP contribution in [-0.2, 0) is 11.0 Å². The van der Waals surface area contributed by atoms with E-state index in [2.05, 4.69) is 79.0 Å². The standard InChI is InChI=1S/C29H32F2N2O3Si/c1-29(2,3)37(23-12-6-4-7-13-23,24-14-8-5-9-15-24)35-19-11-10-18-33-26-20-22(36-28(30)31)16-17-25(26)32-21-27(33)34/h4-9,12-17,20-21,28H,10-11,18-19H2,1-3H3. The minimum absolute atomic E-state index is 0.00123.